The summed E-state index contributed by atoms with van der Waals surface area (Å²) in [4.78, 5) is 14.2. The van der Waals surface area contributed by atoms with Crippen molar-refractivity contribution in [1.82, 2.24) is 4.90 Å². The summed E-state index contributed by atoms with van der Waals surface area (Å²) in [5, 5.41) is 9.16. The van der Waals surface area contributed by atoms with Crippen molar-refractivity contribution in [3.05, 3.63) is 60.2 Å². The normalized spacial score (nSPS) is 17.5. The third kappa shape index (κ3) is 3.28. The number of carbonyl (C=O) groups excluding carboxylic acids is 1. The Morgan fingerprint density at radius 1 is 1.09 bits per heavy atom. The summed E-state index contributed by atoms with van der Waals surface area (Å²) in [6.07, 6.45) is 0.872. The number of amides is 1. The highest BCUT2D eigenvalue weighted by Gasteiger charge is 2.26. The molecule has 1 atom stereocenters. The summed E-state index contributed by atoms with van der Waals surface area (Å²) in [6, 6.07) is 16.7. The average Bonchev–Trinajstić information content (AvgIpc) is 3.05. The highest BCUT2D eigenvalue weighted by molar-refractivity contribution is 5.94. The number of para-hydroxylation sites is 1. The summed E-state index contributed by atoms with van der Waals surface area (Å²) in [5.74, 6) is 1.70. The minimum Gasteiger partial charge on any atom is -0.457 e. The highest BCUT2D eigenvalue weighted by Crippen LogP contribution is 2.23. The summed E-state index contributed by atoms with van der Waals surface area (Å²) in [6.45, 7) is 1.50. The van der Waals surface area contributed by atoms with E-state index in [2.05, 4.69) is 0 Å². The van der Waals surface area contributed by atoms with E-state index in [4.69, 9.17) is 9.84 Å². The summed E-state index contributed by atoms with van der Waals surface area (Å²) >= 11 is 0. The van der Waals surface area contributed by atoms with Crippen molar-refractivity contribution in [1.29, 1.82) is 0 Å². The van der Waals surface area contributed by atoms with Gasteiger partial charge in [0, 0.05) is 31.2 Å². The van der Waals surface area contributed by atoms with E-state index < -0.39 is 0 Å². The molecule has 2 aromatic carbocycles. The molecular formula is C18H19NO3. The first kappa shape index (κ1) is 14.6. The number of aliphatic hydroxyl groups excluding tert-OH is 1. The molecule has 1 unspecified atom stereocenters. The second kappa shape index (κ2) is 6.62. The van der Waals surface area contributed by atoms with Gasteiger partial charge in [0.05, 0.1) is 0 Å². The predicted molar refractivity (Wildman–Crippen MR) is 84.1 cm³/mol. The standard InChI is InChI=1S/C18H19NO3/c20-13-14-10-11-19(12-14)18(21)15-6-8-17(9-7-15)22-16-4-2-1-3-5-16/h1-9,14,20H,10-13H2. The summed E-state index contributed by atoms with van der Waals surface area (Å²) in [5.41, 5.74) is 0.652. The lowest BCUT2D eigenvalue weighted by Crippen LogP contribution is -2.29. The molecule has 0 spiro atoms. The van der Waals surface area contributed by atoms with Crippen LogP contribution in [0, 0.1) is 5.92 Å². The van der Waals surface area contributed by atoms with Gasteiger partial charge < -0.3 is 14.7 Å². The maximum atomic E-state index is 12.4. The fraction of sp³-hybridized carbons (Fsp3) is 0.278. The predicted octanol–water partition coefficient (Wildman–Crippen LogP) is 2.93. The molecule has 0 aromatic heterocycles. The molecule has 0 saturated carbocycles. The van der Waals surface area contributed by atoms with Crippen LogP contribution in [0.15, 0.2) is 54.6 Å². The van der Waals surface area contributed by atoms with Crippen LogP contribution in [0.25, 0.3) is 0 Å². The van der Waals surface area contributed by atoms with E-state index >= 15 is 0 Å². The van der Waals surface area contributed by atoms with Gasteiger partial charge in [0.25, 0.3) is 5.91 Å². The van der Waals surface area contributed by atoms with Gasteiger partial charge in [0.15, 0.2) is 0 Å². The van der Waals surface area contributed by atoms with Crippen molar-refractivity contribution in [2.45, 2.75) is 6.42 Å². The molecule has 3 rings (SSSR count). The summed E-state index contributed by atoms with van der Waals surface area (Å²) < 4.78 is 5.72. The lowest BCUT2D eigenvalue weighted by atomic mass is 10.1. The molecule has 0 aliphatic carbocycles. The average molecular weight is 297 g/mol. The van der Waals surface area contributed by atoms with Gasteiger partial charge in [-0.25, -0.2) is 0 Å². The number of ether oxygens (including phenoxy) is 1. The molecule has 22 heavy (non-hydrogen) atoms. The molecule has 0 bridgehead atoms. The lowest BCUT2D eigenvalue weighted by Gasteiger charge is -2.16. The maximum Gasteiger partial charge on any atom is 0.253 e. The van der Waals surface area contributed by atoms with E-state index in [9.17, 15) is 4.79 Å². The Bertz CT molecular complexity index is 625. The number of likely N-dealkylation sites (tertiary alicyclic amines) is 1. The van der Waals surface area contributed by atoms with E-state index in [0.717, 1.165) is 12.2 Å². The van der Waals surface area contributed by atoms with Gasteiger partial charge in [-0.15, -0.1) is 0 Å². The molecule has 4 heteroatoms. The smallest absolute Gasteiger partial charge is 0.253 e. The van der Waals surface area contributed by atoms with E-state index in [1.165, 1.54) is 0 Å². The topological polar surface area (TPSA) is 49.8 Å². The fourth-order valence-electron chi connectivity index (χ4n) is 2.64. The first-order valence-electron chi connectivity index (χ1n) is 7.49. The zero-order valence-electron chi connectivity index (χ0n) is 12.3. The minimum absolute atomic E-state index is 0.0159. The van der Waals surface area contributed by atoms with Gasteiger partial charge >= 0.3 is 0 Å². The number of hydrogen-bond acceptors (Lipinski definition) is 3. The first-order valence-corrected chi connectivity index (χ1v) is 7.49. The number of rotatable bonds is 4. The van der Waals surface area contributed by atoms with Gasteiger partial charge in [0.1, 0.15) is 11.5 Å². The fourth-order valence-corrected chi connectivity index (χ4v) is 2.64. The van der Waals surface area contributed by atoms with Crippen LogP contribution >= 0.6 is 0 Å². The van der Waals surface area contributed by atoms with Crippen LogP contribution < -0.4 is 4.74 Å². The van der Waals surface area contributed by atoms with Crippen molar-refractivity contribution >= 4 is 5.91 Å². The van der Waals surface area contributed by atoms with Gasteiger partial charge in [-0.05, 0) is 42.8 Å². The van der Waals surface area contributed by atoms with Crippen molar-refractivity contribution < 1.29 is 14.6 Å². The minimum atomic E-state index is 0.0159. The van der Waals surface area contributed by atoms with Gasteiger partial charge in [-0.3, -0.25) is 4.79 Å². The Morgan fingerprint density at radius 2 is 1.77 bits per heavy atom. The Hall–Kier alpha value is -2.33. The Kier molecular flexibility index (Phi) is 4.39. The van der Waals surface area contributed by atoms with Gasteiger partial charge in [0.2, 0.25) is 0 Å². The number of nitrogens with zero attached hydrogens (tertiary/aromatic N) is 1. The molecule has 114 valence electrons. The van der Waals surface area contributed by atoms with Gasteiger partial charge in [-0.1, -0.05) is 18.2 Å². The first-order chi connectivity index (χ1) is 10.8. The summed E-state index contributed by atoms with van der Waals surface area (Å²) in [7, 11) is 0. The second-order valence-corrected chi connectivity index (χ2v) is 5.53. The molecule has 1 saturated heterocycles. The van der Waals surface area contributed by atoms with Crippen LogP contribution in [0.1, 0.15) is 16.8 Å². The van der Waals surface area contributed by atoms with E-state index in [1.807, 2.05) is 30.3 Å². The molecule has 4 nitrogen and oxygen atoms in total. The van der Waals surface area contributed by atoms with E-state index in [-0.39, 0.29) is 18.4 Å². The lowest BCUT2D eigenvalue weighted by molar-refractivity contribution is 0.0782. The number of aliphatic hydroxyl groups is 1. The van der Waals surface area contributed by atoms with E-state index in [1.54, 1.807) is 29.2 Å². The highest BCUT2D eigenvalue weighted by atomic mass is 16.5. The zero-order valence-corrected chi connectivity index (χ0v) is 12.3. The van der Waals surface area contributed by atoms with E-state index in [0.29, 0.717) is 24.4 Å². The molecule has 0 radical (unpaired) electrons. The molecular weight excluding hydrogens is 278 g/mol. The van der Waals surface area contributed by atoms with Crippen molar-refractivity contribution in [3.63, 3.8) is 0 Å². The number of hydrogen-bond donors (Lipinski definition) is 1. The van der Waals surface area contributed by atoms with Crippen molar-refractivity contribution in [3.8, 4) is 11.5 Å². The van der Waals surface area contributed by atoms with Crippen LogP contribution in [0.5, 0.6) is 11.5 Å². The largest absolute Gasteiger partial charge is 0.457 e. The number of benzene rings is 2. The van der Waals surface area contributed by atoms with Gasteiger partial charge in [-0.2, -0.15) is 0 Å². The Labute approximate surface area is 130 Å². The Balaban J connectivity index is 1.65. The van der Waals surface area contributed by atoms with Crippen LogP contribution in [0.2, 0.25) is 0 Å². The molecule has 1 heterocycles. The van der Waals surface area contributed by atoms with Crippen LogP contribution in [0.3, 0.4) is 0 Å². The third-order valence-corrected chi connectivity index (χ3v) is 3.91. The second-order valence-electron chi connectivity index (χ2n) is 5.53. The molecule has 1 N–H and O–H groups in total. The van der Waals surface area contributed by atoms with Crippen molar-refractivity contribution in [2.24, 2.45) is 5.92 Å². The zero-order chi connectivity index (χ0) is 15.4. The van der Waals surface area contributed by atoms with Crippen LogP contribution in [-0.2, 0) is 0 Å². The quantitative estimate of drug-likeness (QED) is 0.944. The van der Waals surface area contributed by atoms with Crippen molar-refractivity contribution in [2.75, 3.05) is 19.7 Å². The maximum absolute atomic E-state index is 12.4. The third-order valence-electron chi connectivity index (χ3n) is 3.91. The van der Waals surface area contributed by atoms with Crippen LogP contribution in [-0.4, -0.2) is 35.6 Å². The molecule has 1 amide bonds. The molecule has 2 aromatic rings. The molecule has 1 fully saturated rings. The monoisotopic (exact) mass is 297 g/mol. The van der Waals surface area contributed by atoms with Crippen LogP contribution in [0.4, 0.5) is 0 Å². The Morgan fingerprint density at radius 3 is 2.41 bits per heavy atom. The SMILES string of the molecule is O=C(c1ccc(Oc2ccccc2)cc1)N1CCC(CO)C1. The molecule has 1 aliphatic heterocycles. The molecule has 1 aliphatic rings. The number of carbonyl (C=O) groups is 1.